The van der Waals surface area contributed by atoms with Crippen LogP contribution in [-0.4, -0.2) is 27.9 Å². The third-order valence-electron chi connectivity index (χ3n) is 3.83. The van der Waals surface area contributed by atoms with Crippen LogP contribution in [0.2, 0.25) is 0 Å². The van der Waals surface area contributed by atoms with Crippen LogP contribution in [0.15, 0.2) is 18.2 Å². The number of nitrogens with zero attached hydrogens (tertiary/aromatic N) is 2. The number of ether oxygens (including phenoxy) is 1. The number of hydrogen-bond acceptors (Lipinski definition) is 5. The second-order valence-electron chi connectivity index (χ2n) is 5.44. The van der Waals surface area contributed by atoms with Gasteiger partial charge < -0.3 is 21.3 Å². The summed E-state index contributed by atoms with van der Waals surface area (Å²) in [6.45, 7) is 9.56. The zero-order valence-corrected chi connectivity index (χ0v) is 16.3. The van der Waals surface area contributed by atoms with Crippen LogP contribution in [0.25, 0.3) is 11.4 Å². The van der Waals surface area contributed by atoms with E-state index in [0.717, 1.165) is 5.56 Å². The first-order valence-electron chi connectivity index (χ1n) is 8.55. The number of aromatic nitrogens is 2. The van der Waals surface area contributed by atoms with Crippen LogP contribution in [0, 0.1) is 13.8 Å². The SMILES string of the molecule is CC.CC/C=C(\OC)c1nn(-c2c(C)ccc(O)c2C)c(N)c1C(N)=O. The van der Waals surface area contributed by atoms with Crippen molar-refractivity contribution >= 4 is 17.5 Å². The van der Waals surface area contributed by atoms with Gasteiger partial charge in [0.2, 0.25) is 0 Å². The van der Waals surface area contributed by atoms with Gasteiger partial charge in [0.1, 0.15) is 28.6 Å². The Balaban J connectivity index is 0.00000163. The number of benzene rings is 1. The summed E-state index contributed by atoms with van der Waals surface area (Å²) in [7, 11) is 1.49. The monoisotopic (exact) mass is 360 g/mol. The molecule has 1 amide bonds. The molecule has 2 rings (SSSR count). The van der Waals surface area contributed by atoms with Crippen LogP contribution in [-0.2, 0) is 4.74 Å². The van der Waals surface area contributed by atoms with Gasteiger partial charge >= 0.3 is 0 Å². The lowest BCUT2D eigenvalue weighted by atomic mass is 10.1. The Labute approximate surface area is 154 Å². The summed E-state index contributed by atoms with van der Waals surface area (Å²) in [6, 6.07) is 3.35. The zero-order chi connectivity index (χ0) is 20.0. The molecule has 5 N–H and O–H groups in total. The Morgan fingerprint density at radius 2 is 1.96 bits per heavy atom. The number of carbonyl (C=O) groups excluding carboxylic acids is 1. The van der Waals surface area contributed by atoms with E-state index in [-0.39, 0.29) is 22.8 Å². The minimum atomic E-state index is -0.691. The van der Waals surface area contributed by atoms with E-state index in [4.69, 9.17) is 16.2 Å². The van der Waals surface area contributed by atoms with Gasteiger partial charge in [0.05, 0.1) is 12.8 Å². The van der Waals surface area contributed by atoms with Gasteiger partial charge in [0.25, 0.3) is 5.91 Å². The predicted molar refractivity (Wildman–Crippen MR) is 104 cm³/mol. The number of methoxy groups -OCH3 is 1. The number of anilines is 1. The van der Waals surface area contributed by atoms with Crippen molar-refractivity contribution in [2.75, 3.05) is 12.8 Å². The minimum Gasteiger partial charge on any atom is -0.508 e. The number of allylic oxidation sites excluding steroid dienone is 1. The summed E-state index contributed by atoms with van der Waals surface area (Å²) in [6.07, 6.45) is 2.49. The number of amides is 1. The Morgan fingerprint density at radius 1 is 1.35 bits per heavy atom. The van der Waals surface area contributed by atoms with Crippen molar-refractivity contribution in [3.8, 4) is 11.4 Å². The van der Waals surface area contributed by atoms with Crippen molar-refractivity contribution in [3.05, 3.63) is 40.6 Å². The Kier molecular flexibility index (Phi) is 7.25. The van der Waals surface area contributed by atoms with Gasteiger partial charge in [-0.1, -0.05) is 26.8 Å². The first-order chi connectivity index (χ1) is 12.3. The number of aromatic hydroxyl groups is 1. The molecular formula is C19H28N4O3. The number of nitrogen functional groups attached to an aromatic ring is 1. The zero-order valence-electron chi connectivity index (χ0n) is 16.3. The highest BCUT2D eigenvalue weighted by atomic mass is 16.5. The Morgan fingerprint density at radius 3 is 2.46 bits per heavy atom. The molecule has 1 aromatic carbocycles. The van der Waals surface area contributed by atoms with Crippen molar-refractivity contribution in [2.24, 2.45) is 5.73 Å². The van der Waals surface area contributed by atoms with Gasteiger partial charge in [-0.05, 0) is 38.0 Å². The lowest BCUT2D eigenvalue weighted by molar-refractivity contribution is 0.100. The Bertz CT molecular complexity index is 823. The van der Waals surface area contributed by atoms with Gasteiger partial charge in [0, 0.05) is 5.56 Å². The maximum atomic E-state index is 11.9. The van der Waals surface area contributed by atoms with Crippen LogP contribution in [0.1, 0.15) is 54.4 Å². The van der Waals surface area contributed by atoms with Gasteiger partial charge in [-0.3, -0.25) is 4.79 Å². The summed E-state index contributed by atoms with van der Waals surface area (Å²) < 4.78 is 6.75. The number of phenols is 1. The molecule has 0 radical (unpaired) electrons. The lowest BCUT2D eigenvalue weighted by Crippen LogP contribution is -2.15. The molecule has 0 bridgehead atoms. The van der Waals surface area contributed by atoms with E-state index in [1.54, 1.807) is 25.1 Å². The van der Waals surface area contributed by atoms with Crippen molar-refractivity contribution in [2.45, 2.75) is 41.0 Å². The molecule has 7 nitrogen and oxygen atoms in total. The van der Waals surface area contributed by atoms with E-state index in [0.29, 0.717) is 23.4 Å². The molecule has 0 atom stereocenters. The fourth-order valence-electron chi connectivity index (χ4n) is 2.63. The molecule has 1 heterocycles. The van der Waals surface area contributed by atoms with Crippen molar-refractivity contribution < 1.29 is 14.6 Å². The number of hydrogen-bond donors (Lipinski definition) is 3. The summed E-state index contributed by atoms with van der Waals surface area (Å²) in [5, 5.41) is 14.4. The second kappa shape index (κ2) is 8.94. The number of nitrogens with two attached hydrogens (primary N) is 2. The Hall–Kier alpha value is -2.96. The highest BCUT2D eigenvalue weighted by molar-refractivity contribution is 6.01. The molecule has 7 heteroatoms. The molecule has 0 saturated carbocycles. The third-order valence-corrected chi connectivity index (χ3v) is 3.83. The van der Waals surface area contributed by atoms with E-state index in [1.165, 1.54) is 11.8 Å². The summed E-state index contributed by atoms with van der Waals surface area (Å²) >= 11 is 0. The highest BCUT2D eigenvalue weighted by Gasteiger charge is 2.25. The lowest BCUT2D eigenvalue weighted by Gasteiger charge is -2.12. The number of aryl methyl sites for hydroxylation is 1. The van der Waals surface area contributed by atoms with E-state index in [1.807, 2.05) is 27.7 Å². The molecule has 0 aliphatic rings. The topological polar surface area (TPSA) is 116 Å². The predicted octanol–water partition coefficient (Wildman–Crippen LogP) is 3.30. The minimum absolute atomic E-state index is 0.0960. The quantitative estimate of drug-likeness (QED) is 0.707. The maximum Gasteiger partial charge on any atom is 0.254 e. The largest absolute Gasteiger partial charge is 0.508 e. The normalized spacial score (nSPS) is 10.9. The van der Waals surface area contributed by atoms with Crippen LogP contribution in [0.5, 0.6) is 5.75 Å². The molecular weight excluding hydrogens is 332 g/mol. The average molecular weight is 360 g/mol. The molecule has 0 fully saturated rings. The maximum absolute atomic E-state index is 11.9. The average Bonchev–Trinajstić information content (AvgIpc) is 2.95. The van der Waals surface area contributed by atoms with Gasteiger partial charge in [-0.25, -0.2) is 4.68 Å². The van der Waals surface area contributed by atoms with Crippen LogP contribution >= 0.6 is 0 Å². The summed E-state index contributed by atoms with van der Waals surface area (Å²) in [5.74, 6) is -0.0486. The first-order valence-corrected chi connectivity index (χ1v) is 8.55. The van der Waals surface area contributed by atoms with Gasteiger partial charge in [-0.15, -0.1) is 0 Å². The third kappa shape index (κ3) is 3.82. The van der Waals surface area contributed by atoms with Gasteiger partial charge in [0.15, 0.2) is 0 Å². The number of rotatable bonds is 5. The van der Waals surface area contributed by atoms with Gasteiger partial charge in [-0.2, -0.15) is 5.10 Å². The fraction of sp³-hybridized carbons (Fsp3) is 0.368. The van der Waals surface area contributed by atoms with E-state index in [9.17, 15) is 9.90 Å². The number of carbonyl (C=O) groups is 1. The summed E-state index contributed by atoms with van der Waals surface area (Å²) in [5.41, 5.74) is 14.1. The second-order valence-corrected chi connectivity index (χ2v) is 5.44. The number of primary amides is 1. The summed E-state index contributed by atoms with van der Waals surface area (Å²) in [4.78, 5) is 11.9. The van der Waals surface area contributed by atoms with Crippen molar-refractivity contribution in [3.63, 3.8) is 0 Å². The molecule has 1 aromatic heterocycles. The van der Waals surface area contributed by atoms with E-state index in [2.05, 4.69) is 5.10 Å². The van der Waals surface area contributed by atoms with Crippen LogP contribution in [0.3, 0.4) is 0 Å². The van der Waals surface area contributed by atoms with Crippen LogP contribution in [0.4, 0.5) is 5.82 Å². The molecule has 26 heavy (non-hydrogen) atoms. The molecule has 0 aliphatic heterocycles. The van der Waals surface area contributed by atoms with Crippen molar-refractivity contribution in [1.82, 2.24) is 9.78 Å². The fourth-order valence-corrected chi connectivity index (χ4v) is 2.63. The van der Waals surface area contributed by atoms with Crippen LogP contribution < -0.4 is 11.5 Å². The van der Waals surface area contributed by atoms with E-state index < -0.39 is 5.91 Å². The molecule has 0 saturated heterocycles. The smallest absolute Gasteiger partial charge is 0.254 e. The highest BCUT2D eigenvalue weighted by Crippen LogP contribution is 2.32. The molecule has 0 unspecified atom stereocenters. The first kappa shape index (κ1) is 21.1. The molecule has 142 valence electrons. The van der Waals surface area contributed by atoms with Crippen molar-refractivity contribution in [1.29, 1.82) is 0 Å². The van der Waals surface area contributed by atoms with E-state index >= 15 is 0 Å². The standard InChI is InChI=1S/C17H22N4O3.C2H6/c1-5-6-12(24-4)14-13(17(19)23)16(18)21(20-14)15-9(2)7-8-11(22)10(15)3;1-2/h6-8,22H,5,18H2,1-4H3,(H2,19,23);1-2H3/b12-6-;. The number of phenolic OH excluding ortho intramolecular Hbond substituents is 1. The molecule has 2 aromatic rings. The molecule has 0 aliphatic carbocycles. The molecule has 0 spiro atoms.